The number of rotatable bonds is 3. The number of hydrogen-bond donors (Lipinski definition) is 0. The lowest BCUT2D eigenvalue weighted by Gasteiger charge is -2.15. The summed E-state index contributed by atoms with van der Waals surface area (Å²) in [5.74, 6) is 0. The third kappa shape index (κ3) is 4.12. The van der Waals surface area contributed by atoms with E-state index in [0.717, 1.165) is 5.57 Å². The number of halogens is 1. The minimum atomic E-state index is -1.29. The Morgan fingerprint density at radius 1 is 1.33 bits per heavy atom. The zero-order valence-corrected chi connectivity index (χ0v) is 8.32. The average molecular weight is 168 g/mol. The maximum absolute atomic E-state index is 13.4. The van der Waals surface area contributed by atoms with Crippen molar-refractivity contribution in [1.82, 2.24) is 0 Å². The minimum absolute atomic E-state index is 0.664. The van der Waals surface area contributed by atoms with Crippen LogP contribution in [-0.4, -0.2) is 5.67 Å². The van der Waals surface area contributed by atoms with Crippen molar-refractivity contribution in [2.45, 2.75) is 33.4 Å². The highest BCUT2D eigenvalue weighted by molar-refractivity contribution is 5.32. The van der Waals surface area contributed by atoms with Crippen LogP contribution in [0.1, 0.15) is 27.7 Å². The molecule has 0 unspecified atom stereocenters. The summed E-state index contributed by atoms with van der Waals surface area (Å²) in [5.41, 5.74) is 0.470. The zero-order valence-electron chi connectivity index (χ0n) is 8.32. The molecule has 0 rings (SSSR count). The molecule has 0 heterocycles. The van der Waals surface area contributed by atoms with Crippen LogP contribution in [0.5, 0.6) is 0 Å². The van der Waals surface area contributed by atoms with Crippen molar-refractivity contribution in [2.24, 2.45) is 0 Å². The molecule has 0 nitrogen and oxygen atoms in total. The molecule has 0 N–H and O–H groups in total. The van der Waals surface area contributed by atoms with E-state index in [9.17, 15) is 4.39 Å². The monoisotopic (exact) mass is 168 g/mol. The zero-order chi connectivity index (χ0) is 9.78. The van der Waals surface area contributed by atoms with E-state index >= 15 is 0 Å². The molecule has 0 amide bonds. The fourth-order valence-electron chi connectivity index (χ4n) is 0.856. The van der Waals surface area contributed by atoms with Crippen molar-refractivity contribution < 1.29 is 4.39 Å². The molecule has 1 heteroatoms. The Balaban J connectivity index is 4.82. The second kappa shape index (κ2) is 4.24. The Hall–Kier alpha value is -0.850. The number of alkyl halides is 1. The van der Waals surface area contributed by atoms with Crippen molar-refractivity contribution in [2.75, 3.05) is 0 Å². The molecule has 0 aliphatic carbocycles. The molecule has 68 valence electrons. The summed E-state index contributed by atoms with van der Waals surface area (Å²) < 4.78 is 13.4. The summed E-state index contributed by atoms with van der Waals surface area (Å²) in [5, 5.41) is 0. The van der Waals surface area contributed by atoms with Crippen molar-refractivity contribution in [1.29, 1.82) is 0 Å². The number of allylic oxidation sites excluding steroid dienone is 5. The fraction of sp³-hybridized carbons (Fsp3) is 0.455. The van der Waals surface area contributed by atoms with Crippen molar-refractivity contribution in [3.8, 4) is 0 Å². The topological polar surface area (TPSA) is 0 Å². The molecule has 0 saturated carbocycles. The Morgan fingerprint density at radius 3 is 2.08 bits per heavy atom. The molecule has 0 aliphatic heterocycles. The first-order valence-corrected chi connectivity index (χ1v) is 4.05. The highest BCUT2D eigenvalue weighted by atomic mass is 19.1. The lowest BCUT2D eigenvalue weighted by atomic mass is 9.98. The predicted molar refractivity (Wildman–Crippen MR) is 52.9 cm³/mol. The van der Waals surface area contributed by atoms with E-state index in [-0.39, 0.29) is 0 Å². The third-order valence-electron chi connectivity index (χ3n) is 1.43. The molecule has 0 atom stereocenters. The van der Waals surface area contributed by atoms with Crippen LogP contribution in [0.25, 0.3) is 0 Å². The van der Waals surface area contributed by atoms with E-state index in [1.165, 1.54) is 0 Å². The summed E-state index contributed by atoms with van der Waals surface area (Å²) >= 11 is 0. The Labute approximate surface area is 74.5 Å². The van der Waals surface area contributed by atoms with E-state index in [4.69, 9.17) is 0 Å². The van der Waals surface area contributed by atoms with Gasteiger partial charge >= 0.3 is 0 Å². The van der Waals surface area contributed by atoms with Gasteiger partial charge in [-0.15, -0.1) is 0 Å². The molecular formula is C11H17F. The van der Waals surface area contributed by atoms with Crippen LogP contribution in [0.3, 0.4) is 0 Å². The average Bonchev–Trinajstić information content (AvgIpc) is 1.83. The molecule has 0 radical (unpaired) electrons. The molecule has 0 aliphatic rings. The van der Waals surface area contributed by atoms with Crippen molar-refractivity contribution in [3.63, 3.8) is 0 Å². The molecule has 0 aromatic heterocycles. The summed E-state index contributed by atoms with van der Waals surface area (Å²) in [7, 11) is 0. The van der Waals surface area contributed by atoms with E-state index in [1.54, 1.807) is 26.0 Å². The fourth-order valence-corrected chi connectivity index (χ4v) is 0.856. The Kier molecular flexibility index (Phi) is 3.94. The van der Waals surface area contributed by atoms with Gasteiger partial charge in [-0.3, -0.25) is 0 Å². The first-order valence-electron chi connectivity index (χ1n) is 4.05. The quantitative estimate of drug-likeness (QED) is 0.562. The first-order chi connectivity index (χ1) is 5.38. The van der Waals surface area contributed by atoms with Gasteiger partial charge < -0.3 is 0 Å². The highest BCUT2D eigenvalue weighted by Gasteiger charge is 2.18. The smallest absolute Gasteiger partial charge is 0.130 e. The van der Waals surface area contributed by atoms with Crippen LogP contribution in [0.15, 0.2) is 36.0 Å². The van der Waals surface area contributed by atoms with Gasteiger partial charge in [-0.1, -0.05) is 30.4 Å². The normalized spacial score (nSPS) is 12.6. The molecular weight excluding hydrogens is 151 g/mol. The lowest BCUT2D eigenvalue weighted by Crippen LogP contribution is -2.14. The van der Waals surface area contributed by atoms with Gasteiger partial charge in [0.1, 0.15) is 5.67 Å². The van der Waals surface area contributed by atoms with Crippen LogP contribution < -0.4 is 0 Å². The molecule has 12 heavy (non-hydrogen) atoms. The largest absolute Gasteiger partial charge is 0.239 e. The summed E-state index contributed by atoms with van der Waals surface area (Å²) in [6.45, 7) is 10.5. The standard InChI is InChI=1S/C11H17F/c1-6-7-10(8-9(2)3)11(4,5)12/h6-8H,1H2,2-5H3/b10-7+. The van der Waals surface area contributed by atoms with Crippen LogP contribution in [-0.2, 0) is 0 Å². The van der Waals surface area contributed by atoms with Gasteiger partial charge in [-0.25, -0.2) is 4.39 Å². The van der Waals surface area contributed by atoms with Gasteiger partial charge in [0.2, 0.25) is 0 Å². The SMILES string of the molecule is C=C/C=C(\C=C(C)C)C(C)(C)F. The van der Waals surface area contributed by atoms with E-state index in [0.29, 0.717) is 5.57 Å². The molecule has 0 aromatic rings. The second-order valence-electron chi connectivity index (χ2n) is 3.55. The predicted octanol–water partition coefficient (Wildman–Crippen LogP) is 3.81. The van der Waals surface area contributed by atoms with Gasteiger partial charge in [0.25, 0.3) is 0 Å². The van der Waals surface area contributed by atoms with Gasteiger partial charge in [0, 0.05) is 0 Å². The van der Waals surface area contributed by atoms with Crippen LogP contribution >= 0.6 is 0 Å². The summed E-state index contributed by atoms with van der Waals surface area (Å²) in [4.78, 5) is 0. The Bertz CT molecular complexity index is 210. The molecule has 0 saturated heterocycles. The summed E-state index contributed by atoms with van der Waals surface area (Å²) in [6, 6.07) is 0. The first kappa shape index (κ1) is 11.2. The minimum Gasteiger partial charge on any atom is -0.239 e. The van der Waals surface area contributed by atoms with Gasteiger partial charge in [0.05, 0.1) is 0 Å². The van der Waals surface area contributed by atoms with Crippen molar-refractivity contribution in [3.05, 3.63) is 36.0 Å². The van der Waals surface area contributed by atoms with Crippen LogP contribution in [0.4, 0.5) is 4.39 Å². The second-order valence-corrected chi connectivity index (χ2v) is 3.55. The van der Waals surface area contributed by atoms with E-state index in [2.05, 4.69) is 6.58 Å². The Morgan fingerprint density at radius 2 is 1.83 bits per heavy atom. The van der Waals surface area contributed by atoms with Crippen LogP contribution in [0.2, 0.25) is 0 Å². The molecule has 0 spiro atoms. The van der Waals surface area contributed by atoms with Crippen LogP contribution in [0, 0.1) is 0 Å². The summed E-state index contributed by atoms with van der Waals surface area (Å²) in [6.07, 6.45) is 5.14. The van der Waals surface area contributed by atoms with Gasteiger partial charge in [-0.05, 0) is 33.3 Å². The lowest BCUT2D eigenvalue weighted by molar-refractivity contribution is 0.274. The number of hydrogen-bond acceptors (Lipinski definition) is 0. The highest BCUT2D eigenvalue weighted by Crippen LogP contribution is 2.22. The van der Waals surface area contributed by atoms with Gasteiger partial charge in [-0.2, -0.15) is 0 Å². The molecule has 0 aromatic carbocycles. The maximum Gasteiger partial charge on any atom is 0.130 e. The third-order valence-corrected chi connectivity index (χ3v) is 1.43. The van der Waals surface area contributed by atoms with E-state index < -0.39 is 5.67 Å². The van der Waals surface area contributed by atoms with E-state index in [1.807, 2.05) is 19.9 Å². The molecule has 0 fully saturated rings. The molecule has 0 bridgehead atoms. The van der Waals surface area contributed by atoms with Gasteiger partial charge in [0.15, 0.2) is 0 Å². The van der Waals surface area contributed by atoms with Crippen molar-refractivity contribution >= 4 is 0 Å². The maximum atomic E-state index is 13.4.